The molecule has 15 heavy (non-hydrogen) atoms. The molecule has 2 aromatic rings. The summed E-state index contributed by atoms with van der Waals surface area (Å²) in [6.45, 7) is 4.13. The van der Waals surface area contributed by atoms with Crippen molar-refractivity contribution in [3.05, 3.63) is 42.2 Å². The largest absolute Gasteiger partial charge is 0.223 e. The molecule has 0 fully saturated rings. The average molecular weight is 205 g/mol. The third kappa shape index (κ3) is 1.88. The lowest BCUT2D eigenvalue weighted by molar-refractivity contribution is 0.623. The van der Waals surface area contributed by atoms with Crippen molar-refractivity contribution in [1.82, 2.24) is 14.8 Å². The van der Waals surface area contributed by atoms with Crippen molar-refractivity contribution >= 4 is 0 Å². The van der Waals surface area contributed by atoms with Crippen LogP contribution >= 0.6 is 0 Å². The van der Waals surface area contributed by atoms with Gasteiger partial charge < -0.3 is 0 Å². The molecule has 1 aromatic carbocycles. The smallest absolute Gasteiger partial charge is 0.138 e. The third-order valence-electron chi connectivity index (χ3n) is 2.28. The van der Waals surface area contributed by atoms with Crippen LogP contribution in [-0.2, 0) is 0 Å². The minimum Gasteiger partial charge on any atom is -0.223 e. The second kappa shape index (κ2) is 3.81. The zero-order valence-corrected chi connectivity index (χ0v) is 8.68. The van der Waals surface area contributed by atoms with Crippen LogP contribution in [0.5, 0.6) is 0 Å². The number of hydrogen-bond acceptors (Lipinski definition) is 2. The third-order valence-corrected chi connectivity index (χ3v) is 2.28. The van der Waals surface area contributed by atoms with Crippen LogP contribution in [-0.4, -0.2) is 14.8 Å². The highest BCUT2D eigenvalue weighted by molar-refractivity contribution is 5.42. The van der Waals surface area contributed by atoms with E-state index in [1.807, 2.05) is 0 Å². The minimum atomic E-state index is -0.259. The molecule has 4 heteroatoms. The minimum absolute atomic E-state index is 0.259. The number of benzene rings is 1. The van der Waals surface area contributed by atoms with Gasteiger partial charge in [0.1, 0.15) is 18.5 Å². The van der Waals surface area contributed by atoms with Gasteiger partial charge in [0.05, 0.1) is 5.69 Å². The van der Waals surface area contributed by atoms with E-state index >= 15 is 0 Å². The molecule has 78 valence electrons. The summed E-state index contributed by atoms with van der Waals surface area (Å²) in [7, 11) is 0. The lowest BCUT2D eigenvalue weighted by Crippen LogP contribution is -2.02. The van der Waals surface area contributed by atoms with Crippen molar-refractivity contribution in [3.8, 4) is 5.69 Å². The van der Waals surface area contributed by atoms with E-state index in [4.69, 9.17) is 0 Å². The zero-order valence-electron chi connectivity index (χ0n) is 8.68. The molecule has 1 aromatic heterocycles. The van der Waals surface area contributed by atoms with Gasteiger partial charge in [-0.2, -0.15) is 5.10 Å². The molecule has 3 nitrogen and oxygen atoms in total. The Morgan fingerprint density at radius 2 is 2.13 bits per heavy atom. The van der Waals surface area contributed by atoms with Crippen LogP contribution in [0.25, 0.3) is 5.69 Å². The fraction of sp³-hybridized carbons (Fsp3) is 0.273. The first kappa shape index (κ1) is 9.83. The standard InChI is InChI=1S/C11H12FN3/c1-8(2)10-4-3-9(12)5-11(10)15-7-13-6-14-15/h3-8H,1-2H3. The second-order valence-corrected chi connectivity index (χ2v) is 3.70. The van der Waals surface area contributed by atoms with Gasteiger partial charge in [-0.15, -0.1) is 0 Å². The molecule has 0 aliphatic rings. The Morgan fingerprint density at radius 3 is 2.73 bits per heavy atom. The van der Waals surface area contributed by atoms with E-state index in [0.717, 1.165) is 11.3 Å². The fourth-order valence-corrected chi connectivity index (χ4v) is 1.54. The molecule has 0 unspecified atom stereocenters. The van der Waals surface area contributed by atoms with Crippen molar-refractivity contribution in [2.75, 3.05) is 0 Å². The Morgan fingerprint density at radius 1 is 1.33 bits per heavy atom. The number of nitrogens with zero attached hydrogens (tertiary/aromatic N) is 3. The molecular weight excluding hydrogens is 193 g/mol. The number of hydrogen-bond donors (Lipinski definition) is 0. The lowest BCUT2D eigenvalue weighted by atomic mass is 10.0. The first-order chi connectivity index (χ1) is 7.18. The Hall–Kier alpha value is -1.71. The first-order valence-electron chi connectivity index (χ1n) is 4.83. The molecule has 0 atom stereocenters. The van der Waals surface area contributed by atoms with Gasteiger partial charge in [-0.25, -0.2) is 14.1 Å². The van der Waals surface area contributed by atoms with Gasteiger partial charge in [-0.3, -0.25) is 0 Å². The van der Waals surface area contributed by atoms with Gasteiger partial charge >= 0.3 is 0 Å². The quantitative estimate of drug-likeness (QED) is 0.754. The van der Waals surface area contributed by atoms with Gasteiger partial charge in [0.25, 0.3) is 0 Å². The van der Waals surface area contributed by atoms with Gasteiger partial charge in [-0.1, -0.05) is 19.9 Å². The van der Waals surface area contributed by atoms with Crippen molar-refractivity contribution in [1.29, 1.82) is 0 Å². The molecule has 1 heterocycles. The van der Waals surface area contributed by atoms with Crippen LogP contribution in [0.1, 0.15) is 25.3 Å². The molecule has 0 amide bonds. The predicted octanol–water partition coefficient (Wildman–Crippen LogP) is 2.53. The maximum absolute atomic E-state index is 13.1. The van der Waals surface area contributed by atoms with E-state index in [1.165, 1.54) is 18.5 Å². The SMILES string of the molecule is CC(C)c1ccc(F)cc1-n1cncn1. The molecule has 0 aliphatic heterocycles. The summed E-state index contributed by atoms with van der Waals surface area (Å²) in [5.41, 5.74) is 1.81. The zero-order chi connectivity index (χ0) is 10.8. The van der Waals surface area contributed by atoms with Crippen molar-refractivity contribution < 1.29 is 4.39 Å². The van der Waals surface area contributed by atoms with E-state index in [0.29, 0.717) is 5.92 Å². The number of rotatable bonds is 2. The van der Waals surface area contributed by atoms with Crippen molar-refractivity contribution in [3.63, 3.8) is 0 Å². The van der Waals surface area contributed by atoms with Crippen LogP contribution < -0.4 is 0 Å². The van der Waals surface area contributed by atoms with E-state index in [-0.39, 0.29) is 5.82 Å². The van der Waals surface area contributed by atoms with Crippen LogP contribution in [0.4, 0.5) is 4.39 Å². The van der Waals surface area contributed by atoms with Crippen LogP contribution in [0.15, 0.2) is 30.9 Å². The number of aromatic nitrogens is 3. The van der Waals surface area contributed by atoms with E-state index < -0.39 is 0 Å². The van der Waals surface area contributed by atoms with E-state index in [2.05, 4.69) is 23.9 Å². The Balaban J connectivity index is 2.58. The van der Waals surface area contributed by atoms with E-state index in [9.17, 15) is 4.39 Å². The first-order valence-corrected chi connectivity index (χ1v) is 4.83. The maximum Gasteiger partial charge on any atom is 0.138 e. The summed E-state index contributed by atoms with van der Waals surface area (Å²) < 4.78 is 14.7. The summed E-state index contributed by atoms with van der Waals surface area (Å²) in [5.74, 6) is 0.0645. The molecule has 0 bridgehead atoms. The monoisotopic (exact) mass is 205 g/mol. The number of halogens is 1. The molecule has 0 aliphatic carbocycles. The molecule has 0 saturated heterocycles. The van der Waals surface area contributed by atoms with E-state index in [1.54, 1.807) is 17.1 Å². The molecular formula is C11H12FN3. The fourth-order valence-electron chi connectivity index (χ4n) is 1.54. The summed E-state index contributed by atoms with van der Waals surface area (Å²) in [6.07, 6.45) is 3.01. The molecule has 0 spiro atoms. The highest BCUT2D eigenvalue weighted by atomic mass is 19.1. The second-order valence-electron chi connectivity index (χ2n) is 3.70. The molecule has 0 saturated carbocycles. The summed E-state index contributed by atoms with van der Waals surface area (Å²) in [5, 5.41) is 4.01. The lowest BCUT2D eigenvalue weighted by Gasteiger charge is -2.11. The average Bonchev–Trinajstić information content (AvgIpc) is 2.69. The van der Waals surface area contributed by atoms with Gasteiger partial charge in [0.15, 0.2) is 0 Å². The Kier molecular flexibility index (Phi) is 2.49. The van der Waals surface area contributed by atoms with Gasteiger partial charge in [0.2, 0.25) is 0 Å². The van der Waals surface area contributed by atoms with Crippen molar-refractivity contribution in [2.45, 2.75) is 19.8 Å². The summed E-state index contributed by atoms with van der Waals surface area (Å²) in [6, 6.07) is 4.73. The van der Waals surface area contributed by atoms with Gasteiger partial charge in [0, 0.05) is 0 Å². The normalized spacial score (nSPS) is 10.9. The molecule has 2 rings (SSSR count). The van der Waals surface area contributed by atoms with Crippen LogP contribution in [0.3, 0.4) is 0 Å². The topological polar surface area (TPSA) is 30.7 Å². The highest BCUT2D eigenvalue weighted by Crippen LogP contribution is 2.22. The van der Waals surface area contributed by atoms with Crippen LogP contribution in [0.2, 0.25) is 0 Å². The summed E-state index contributed by atoms with van der Waals surface area (Å²) in [4.78, 5) is 3.86. The van der Waals surface area contributed by atoms with Gasteiger partial charge in [-0.05, 0) is 23.6 Å². The predicted molar refractivity (Wildman–Crippen MR) is 55.4 cm³/mol. The Labute approximate surface area is 87.6 Å². The maximum atomic E-state index is 13.1. The highest BCUT2D eigenvalue weighted by Gasteiger charge is 2.09. The Bertz CT molecular complexity index is 449. The van der Waals surface area contributed by atoms with Crippen LogP contribution in [0, 0.1) is 5.82 Å². The molecule has 0 radical (unpaired) electrons. The van der Waals surface area contributed by atoms with Crippen molar-refractivity contribution in [2.24, 2.45) is 0 Å². The molecule has 0 N–H and O–H groups in total. The summed E-state index contributed by atoms with van der Waals surface area (Å²) >= 11 is 0.